The molecule has 122 valence electrons. The second-order valence-corrected chi connectivity index (χ2v) is 5.70. The summed E-state index contributed by atoms with van der Waals surface area (Å²) < 4.78 is 0. The average molecular weight is 316 g/mol. The van der Waals surface area contributed by atoms with E-state index in [1.54, 1.807) is 18.0 Å². The lowest BCUT2D eigenvalue weighted by molar-refractivity contribution is -0.127. The average Bonchev–Trinajstić information content (AvgIpc) is 3.02. The highest BCUT2D eigenvalue weighted by Gasteiger charge is 2.29. The molecule has 23 heavy (non-hydrogen) atoms. The molecule has 0 aliphatic carbocycles. The number of rotatable bonds is 4. The molecule has 8 heteroatoms. The third kappa shape index (κ3) is 3.25. The monoisotopic (exact) mass is 316 g/mol. The number of amides is 3. The van der Waals surface area contributed by atoms with Gasteiger partial charge in [-0.1, -0.05) is 13.0 Å². The van der Waals surface area contributed by atoms with Crippen LogP contribution in [-0.4, -0.2) is 51.0 Å². The van der Waals surface area contributed by atoms with Gasteiger partial charge in [0.2, 0.25) is 5.91 Å². The second kappa shape index (κ2) is 6.23. The van der Waals surface area contributed by atoms with Gasteiger partial charge in [-0.15, -0.1) is 0 Å². The maximum absolute atomic E-state index is 12.2. The molecule has 1 aromatic heterocycles. The Labute approximate surface area is 133 Å². The summed E-state index contributed by atoms with van der Waals surface area (Å²) in [4.78, 5) is 27.3. The molecule has 2 heterocycles. The number of nitrogens with one attached hydrogen (secondary N) is 2. The van der Waals surface area contributed by atoms with Gasteiger partial charge in [-0.2, -0.15) is 15.0 Å². The zero-order valence-electron chi connectivity index (χ0n) is 13.2. The van der Waals surface area contributed by atoms with Crippen LogP contribution in [0.4, 0.5) is 10.5 Å². The fraction of sp³-hybridized carbons (Fsp3) is 0.467. The summed E-state index contributed by atoms with van der Waals surface area (Å²) in [7, 11) is 1.73. The van der Waals surface area contributed by atoms with Gasteiger partial charge < -0.3 is 15.5 Å². The molecule has 0 bridgehead atoms. The van der Waals surface area contributed by atoms with Gasteiger partial charge >= 0.3 is 6.03 Å². The van der Waals surface area contributed by atoms with Crippen LogP contribution in [-0.2, 0) is 11.8 Å². The first-order chi connectivity index (χ1) is 11.1. The smallest absolute Gasteiger partial charge is 0.319 e. The van der Waals surface area contributed by atoms with E-state index in [0.29, 0.717) is 24.2 Å². The molecule has 0 unspecified atom stereocenters. The number of anilines is 1. The van der Waals surface area contributed by atoms with Gasteiger partial charge in [0.05, 0.1) is 11.7 Å². The Bertz CT molecular complexity index is 741. The van der Waals surface area contributed by atoms with Crippen LogP contribution in [0.5, 0.6) is 0 Å². The SMILES string of the molecule is CCCN1C[C@@H](NC(=O)Nc2cccc3nn(C)nc23)CC1=O. The van der Waals surface area contributed by atoms with Gasteiger partial charge in [-0.05, 0) is 18.6 Å². The Kier molecular flexibility index (Phi) is 4.14. The summed E-state index contributed by atoms with van der Waals surface area (Å²) in [6, 6.07) is 4.94. The maximum Gasteiger partial charge on any atom is 0.319 e. The van der Waals surface area contributed by atoms with Crippen molar-refractivity contribution < 1.29 is 9.59 Å². The van der Waals surface area contributed by atoms with Gasteiger partial charge in [0.25, 0.3) is 0 Å². The highest BCUT2D eigenvalue weighted by Crippen LogP contribution is 2.19. The highest BCUT2D eigenvalue weighted by molar-refractivity contribution is 5.98. The third-order valence-electron chi connectivity index (χ3n) is 3.80. The predicted octanol–water partition coefficient (Wildman–Crippen LogP) is 1.10. The number of carbonyl (C=O) groups excluding carboxylic acids is 2. The quantitative estimate of drug-likeness (QED) is 0.883. The number of likely N-dealkylation sites (tertiary alicyclic amines) is 1. The van der Waals surface area contributed by atoms with E-state index in [2.05, 4.69) is 20.8 Å². The summed E-state index contributed by atoms with van der Waals surface area (Å²) in [6.45, 7) is 3.33. The summed E-state index contributed by atoms with van der Waals surface area (Å²) in [6.07, 6.45) is 1.27. The molecule has 3 amide bonds. The zero-order chi connectivity index (χ0) is 16.4. The van der Waals surface area contributed by atoms with Crippen LogP contribution >= 0.6 is 0 Å². The van der Waals surface area contributed by atoms with Crippen molar-refractivity contribution in [1.82, 2.24) is 25.2 Å². The van der Waals surface area contributed by atoms with E-state index in [-0.39, 0.29) is 18.0 Å². The number of urea groups is 1. The first-order valence-corrected chi connectivity index (χ1v) is 7.72. The van der Waals surface area contributed by atoms with Gasteiger partial charge in [0.1, 0.15) is 11.0 Å². The van der Waals surface area contributed by atoms with Crippen molar-refractivity contribution in [3.05, 3.63) is 18.2 Å². The van der Waals surface area contributed by atoms with Crippen LogP contribution in [0.1, 0.15) is 19.8 Å². The van der Waals surface area contributed by atoms with Crippen LogP contribution in [0.25, 0.3) is 11.0 Å². The molecule has 1 aromatic carbocycles. The van der Waals surface area contributed by atoms with E-state index in [1.165, 1.54) is 4.80 Å². The minimum Gasteiger partial charge on any atom is -0.341 e. The van der Waals surface area contributed by atoms with Crippen LogP contribution in [0.2, 0.25) is 0 Å². The Hall–Kier alpha value is -2.64. The summed E-state index contributed by atoms with van der Waals surface area (Å²) >= 11 is 0. The number of aromatic nitrogens is 3. The number of hydrogen-bond acceptors (Lipinski definition) is 4. The predicted molar refractivity (Wildman–Crippen MR) is 85.9 cm³/mol. The Morgan fingerprint density at radius 3 is 3.00 bits per heavy atom. The summed E-state index contributed by atoms with van der Waals surface area (Å²) in [5.41, 5.74) is 1.96. The highest BCUT2D eigenvalue weighted by atomic mass is 16.2. The fourth-order valence-corrected chi connectivity index (χ4v) is 2.84. The van der Waals surface area contributed by atoms with Crippen molar-refractivity contribution in [2.75, 3.05) is 18.4 Å². The molecular formula is C15H20N6O2. The first-order valence-electron chi connectivity index (χ1n) is 7.72. The Balaban J connectivity index is 1.64. The lowest BCUT2D eigenvalue weighted by Gasteiger charge is -2.16. The van der Waals surface area contributed by atoms with Crippen molar-refractivity contribution in [2.24, 2.45) is 7.05 Å². The standard InChI is InChI=1S/C15H20N6O2/c1-3-7-21-9-10(8-13(21)22)16-15(23)17-11-5-4-6-12-14(11)19-20(2)18-12/h4-6,10H,3,7-9H2,1-2H3,(H2,16,17,23)/t10-/m0/s1. The molecular weight excluding hydrogens is 296 g/mol. The van der Waals surface area contributed by atoms with Crippen molar-refractivity contribution in [2.45, 2.75) is 25.8 Å². The number of fused-ring (bicyclic) bond motifs is 1. The molecule has 1 aliphatic rings. The Morgan fingerprint density at radius 2 is 2.22 bits per heavy atom. The first kappa shape index (κ1) is 15.3. The number of hydrogen-bond donors (Lipinski definition) is 2. The normalized spacial score (nSPS) is 17.7. The van der Waals surface area contributed by atoms with Crippen LogP contribution in [0.15, 0.2) is 18.2 Å². The van der Waals surface area contributed by atoms with E-state index < -0.39 is 0 Å². The molecule has 0 radical (unpaired) electrons. The van der Waals surface area contributed by atoms with Gasteiger partial charge in [-0.25, -0.2) is 4.79 Å². The van der Waals surface area contributed by atoms with Crippen molar-refractivity contribution in [3.8, 4) is 0 Å². The number of aryl methyl sites for hydroxylation is 1. The molecule has 8 nitrogen and oxygen atoms in total. The number of nitrogens with zero attached hydrogens (tertiary/aromatic N) is 4. The summed E-state index contributed by atoms with van der Waals surface area (Å²) in [5, 5.41) is 14.1. The minimum absolute atomic E-state index is 0.0909. The topological polar surface area (TPSA) is 92.2 Å². The molecule has 3 rings (SSSR count). The number of benzene rings is 1. The lowest BCUT2D eigenvalue weighted by Crippen LogP contribution is -2.39. The molecule has 1 fully saturated rings. The van der Waals surface area contributed by atoms with Gasteiger partial charge in [-0.3, -0.25) is 4.79 Å². The van der Waals surface area contributed by atoms with Crippen LogP contribution < -0.4 is 10.6 Å². The van der Waals surface area contributed by atoms with E-state index in [4.69, 9.17) is 0 Å². The minimum atomic E-state index is -0.334. The fourth-order valence-electron chi connectivity index (χ4n) is 2.84. The third-order valence-corrected chi connectivity index (χ3v) is 3.80. The van der Waals surface area contributed by atoms with Crippen molar-refractivity contribution in [1.29, 1.82) is 0 Å². The maximum atomic E-state index is 12.2. The molecule has 1 atom stereocenters. The van der Waals surface area contributed by atoms with Gasteiger partial charge in [0, 0.05) is 26.6 Å². The molecule has 2 aromatic rings. The molecule has 1 saturated heterocycles. The Morgan fingerprint density at radius 1 is 1.39 bits per heavy atom. The summed E-state index contributed by atoms with van der Waals surface area (Å²) in [5.74, 6) is 0.0909. The van der Waals surface area contributed by atoms with Crippen molar-refractivity contribution in [3.63, 3.8) is 0 Å². The van der Waals surface area contributed by atoms with Gasteiger partial charge in [0.15, 0.2) is 0 Å². The molecule has 0 saturated carbocycles. The lowest BCUT2D eigenvalue weighted by atomic mass is 10.2. The zero-order valence-corrected chi connectivity index (χ0v) is 13.2. The van der Waals surface area contributed by atoms with Crippen LogP contribution in [0, 0.1) is 0 Å². The molecule has 2 N–H and O–H groups in total. The van der Waals surface area contributed by atoms with E-state index >= 15 is 0 Å². The van der Waals surface area contributed by atoms with E-state index in [0.717, 1.165) is 18.5 Å². The number of carbonyl (C=O) groups is 2. The molecule has 1 aliphatic heterocycles. The van der Waals surface area contributed by atoms with Crippen molar-refractivity contribution >= 4 is 28.7 Å². The van der Waals surface area contributed by atoms with Crippen LogP contribution in [0.3, 0.4) is 0 Å². The largest absolute Gasteiger partial charge is 0.341 e. The van der Waals surface area contributed by atoms with E-state index in [1.807, 2.05) is 19.1 Å². The second-order valence-electron chi connectivity index (χ2n) is 5.70. The van der Waals surface area contributed by atoms with E-state index in [9.17, 15) is 9.59 Å². The molecule has 0 spiro atoms.